The molecule has 0 aliphatic carbocycles. The van der Waals surface area contributed by atoms with Crippen molar-refractivity contribution < 1.29 is 4.52 Å². The van der Waals surface area contributed by atoms with Crippen LogP contribution >= 0.6 is 0 Å². The molecule has 18 heavy (non-hydrogen) atoms. The fraction of sp³-hybridized carbons (Fsp3) is 0.692. The Labute approximate surface area is 109 Å². The molecule has 2 N–H and O–H groups in total. The van der Waals surface area contributed by atoms with Crippen LogP contribution in [-0.4, -0.2) is 24.2 Å². The Bertz CT molecular complexity index is 371. The van der Waals surface area contributed by atoms with E-state index in [9.17, 15) is 0 Å². The Morgan fingerprint density at radius 1 is 1.39 bits per heavy atom. The van der Waals surface area contributed by atoms with Gasteiger partial charge in [0.15, 0.2) is 11.7 Å². The molecule has 0 radical (unpaired) electrons. The molecule has 1 rings (SSSR count). The van der Waals surface area contributed by atoms with E-state index in [4.69, 9.17) is 4.52 Å². The van der Waals surface area contributed by atoms with Gasteiger partial charge >= 0.3 is 0 Å². The minimum absolute atomic E-state index is 0.514. The van der Waals surface area contributed by atoms with E-state index >= 15 is 0 Å². The van der Waals surface area contributed by atoms with Gasteiger partial charge in [0.25, 0.3) is 0 Å². The van der Waals surface area contributed by atoms with E-state index < -0.39 is 0 Å². The summed E-state index contributed by atoms with van der Waals surface area (Å²) in [6.07, 6.45) is 0.888. The summed E-state index contributed by atoms with van der Waals surface area (Å²) in [7, 11) is 0. The predicted octanol–water partition coefficient (Wildman–Crippen LogP) is 1.95. The van der Waals surface area contributed by atoms with Gasteiger partial charge < -0.3 is 15.2 Å². The third-order valence-corrected chi connectivity index (χ3v) is 2.38. The van der Waals surface area contributed by atoms with Crippen molar-refractivity contribution in [2.45, 2.75) is 40.7 Å². The van der Waals surface area contributed by atoms with Crippen molar-refractivity contribution in [2.75, 3.05) is 13.1 Å². The fourth-order valence-electron chi connectivity index (χ4n) is 1.40. The zero-order valence-electron chi connectivity index (χ0n) is 11.8. The van der Waals surface area contributed by atoms with Crippen LogP contribution in [-0.2, 0) is 13.0 Å². The molecule has 5 heteroatoms. The Hall–Kier alpha value is -1.52. The minimum Gasteiger partial charge on any atom is -0.359 e. The monoisotopic (exact) mass is 252 g/mol. The summed E-state index contributed by atoms with van der Waals surface area (Å²) in [6.45, 7) is 10.7. The number of aliphatic imine (C=N–C) groups is 1. The lowest BCUT2D eigenvalue weighted by Crippen LogP contribution is -2.39. The van der Waals surface area contributed by atoms with Crippen LogP contribution in [0.2, 0.25) is 0 Å². The molecular weight excluding hydrogens is 228 g/mol. The second-order valence-electron chi connectivity index (χ2n) is 4.61. The maximum absolute atomic E-state index is 5.20. The highest BCUT2D eigenvalue weighted by Gasteiger charge is 2.03. The van der Waals surface area contributed by atoms with Crippen LogP contribution in [0.3, 0.4) is 0 Å². The van der Waals surface area contributed by atoms with E-state index in [0.717, 1.165) is 36.9 Å². The van der Waals surface area contributed by atoms with Crippen LogP contribution in [0.1, 0.15) is 39.1 Å². The van der Waals surface area contributed by atoms with Gasteiger partial charge in [-0.15, -0.1) is 0 Å². The number of rotatable bonds is 6. The van der Waals surface area contributed by atoms with Crippen LogP contribution in [0, 0.1) is 5.92 Å². The van der Waals surface area contributed by atoms with Crippen LogP contribution in [0.5, 0.6) is 0 Å². The van der Waals surface area contributed by atoms with E-state index in [1.807, 2.05) is 6.07 Å². The van der Waals surface area contributed by atoms with Gasteiger partial charge in [0, 0.05) is 19.2 Å². The van der Waals surface area contributed by atoms with Gasteiger partial charge in [-0.25, -0.2) is 4.99 Å². The van der Waals surface area contributed by atoms with Gasteiger partial charge in [0.1, 0.15) is 6.54 Å². The molecule has 5 nitrogen and oxygen atoms in total. The molecule has 0 aliphatic rings. The number of aromatic nitrogens is 1. The summed E-state index contributed by atoms with van der Waals surface area (Å²) < 4.78 is 5.20. The second kappa shape index (κ2) is 7.74. The summed E-state index contributed by atoms with van der Waals surface area (Å²) in [6, 6.07) is 1.95. The van der Waals surface area contributed by atoms with Crippen molar-refractivity contribution in [3.05, 3.63) is 17.5 Å². The molecule has 0 aromatic carbocycles. The van der Waals surface area contributed by atoms with Crippen molar-refractivity contribution in [1.29, 1.82) is 0 Å². The van der Waals surface area contributed by atoms with E-state index in [1.54, 1.807) is 0 Å². The third kappa shape index (κ3) is 5.21. The molecule has 0 aliphatic heterocycles. The number of hydrogen-bond donors (Lipinski definition) is 2. The van der Waals surface area contributed by atoms with Crippen molar-refractivity contribution in [1.82, 2.24) is 15.8 Å². The Balaban J connectivity index is 2.53. The number of nitrogens with zero attached hydrogens (tertiary/aromatic N) is 2. The average Bonchev–Trinajstić information content (AvgIpc) is 2.80. The van der Waals surface area contributed by atoms with Crippen LogP contribution < -0.4 is 10.6 Å². The maximum atomic E-state index is 5.20. The number of guanidine groups is 1. The van der Waals surface area contributed by atoms with Gasteiger partial charge in [-0.2, -0.15) is 0 Å². The number of hydrogen-bond acceptors (Lipinski definition) is 3. The van der Waals surface area contributed by atoms with E-state index in [2.05, 4.69) is 48.5 Å². The molecule has 0 saturated heterocycles. The first-order valence-corrected chi connectivity index (χ1v) is 6.62. The second-order valence-corrected chi connectivity index (χ2v) is 4.61. The molecule has 0 spiro atoms. The molecule has 0 amide bonds. The molecular formula is C13H24N4O. The Morgan fingerprint density at radius 2 is 2.17 bits per heavy atom. The Morgan fingerprint density at radius 3 is 2.72 bits per heavy atom. The summed E-state index contributed by atoms with van der Waals surface area (Å²) in [5, 5.41) is 10.4. The highest BCUT2D eigenvalue weighted by molar-refractivity contribution is 5.79. The lowest BCUT2D eigenvalue weighted by Gasteiger charge is -2.12. The molecule has 0 bridgehead atoms. The predicted molar refractivity (Wildman–Crippen MR) is 73.5 cm³/mol. The van der Waals surface area contributed by atoms with Gasteiger partial charge in [0.2, 0.25) is 0 Å². The van der Waals surface area contributed by atoms with Crippen LogP contribution in [0.15, 0.2) is 15.6 Å². The highest BCUT2D eigenvalue weighted by Crippen LogP contribution is 2.05. The molecule has 0 atom stereocenters. The lowest BCUT2D eigenvalue weighted by atomic mass is 10.2. The van der Waals surface area contributed by atoms with Gasteiger partial charge in [0.05, 0.1) is 5.69 Å². The zero-order valence-corrected chi connectivity index (χ0v) is 11.8. The maximum Gasteiger partial charge on any atom is 0.191 e. The molecule has 1 aromatic rings. The molecule has 0 fully saturated rings. The van der Waals surface area contributed by atoms with Crippen molar-refractivity contribution in [3.8, 4) is 0 Å². The van der Waals surface area contributed by atoms with Crippen LogP contribution in [0.4, 0.5) is 0 Å². The van der Waals surface area contributed by atoms with Crippen LogP contribution in [0.25, 0.3) is 0 Å². The molecule has 102 valence electrons. The van der Waals surface area contributed by atoms with Gasteiger partial charge in [-0.1, -0.05) is 25.9 Å². The first-order chi connectivity index (χ1) is 8.65. The standard InChI is InChI=1S/C13H24N4O/c1-5-11-7-12(18-17-11)9-16-13(14-6-2)15-8-10(3)4/h7,10H,5-6,8-9H2,1-4H3,(H2,14,15,16). The Kier molecular flexibility index (Phi) is 6.25. The summed E-state index contributed by atoms with van der Waals surface area (Å²) in [4.78, 5) is 4.46. The first kappa shape index (κ1) is 14.5. The minimum atomic E-state index is 0.514. The lowest BCUT2D eigenvalue weighted by molar-refractivity contribution is 0.379. The molecule has 0 saturated carbocycles. The average molecular weight is 252 g/mol. The van der Waals surface area contributed by atoms with E-state index in [1.165, 1.54) is 0 Å². The summed E-state index contributed by atoms with van der Waals surface area (Å²) in [5.41, 5.74) is 0.973. The van der Waals surface area contributed by atoms with Crippen molar-refractivity contribution >= 4 is 5.96 Å². The van der Waals surface area contributed by atoms with Crippen molar-refractivity contribution in [2.24, 2.45) is 10.9 Å². The topological polar surface area (TPSA) is 62.5 Å². The third-order valence-electron chi connectivity index (χ3n) is 2.38. The van der Waals surface area contributed by atoms with E-state index in [-0.39, 0.29) is 0 Å². The SMILES string of the molecule is CCNC(=NCc1cc(CC)no1)NCC(C)C. The van der Waals surface area contributed by atoms with Gasteiger partial charge in [-0.3, -0.25) is 0 Å². The fourth-order valence-corrected chi connectivity index (χ4v) is 1.40. The smallest absolute Gasteiger partial charge is 0.191 e. The molecule has 1 aromatic heterocycles. The molecule has 0 unspecified atom stereocenters. The van der Waals surface area contributed by atoms with Crippen molar-refractivity contribution in [3.63, 3.8) is 0 Å². The largest absolute Gasteiger partial charge is 0.359 e. The van der Waals surface area contributed by atoms with E-state index in [0.29, 0.717) is 12.5 Å². The summed E-state index contributed by atoms with van der Waals surface area (Å²) >= 11 is 0. The summed E-state index contributed by atoms with van der Waals surface area (Å²) in [5.74, 6) is 2.21. The molecule has 1 heterocycles. The number of aryl methyl sites for hydroxylation is 1. The van der Waals surface area contributed by atoms with Gasteiger partial charge in [-0.05, 0) is 19.3 Å². The first-order valence-electron chi connectivity index (χ1n) is 6.62. The highest BCUT2D eigenvalue weighted by atomic mass is 16.5. The quantitative estimate of drug-likeness (QED) is 0.600. The zero-order chi connectivity index (χ0) is 13.4. The number of nitrogens with one attached hydrogen (secondary N) is 2. The normalized spacial score (nSPS) is 11.9.